The average molecular weight is 363 g/mol. The molecule has 5 nitrogen and oxygen atoms in total. The number of hydrogen-bond donors (Lipinski definition) is 2. The van der Waals surface area contributed by atoms with Crippen LogP contribution in [0.15, 0.2) is 84.1 Å². The normalized spacial score (nSPS) is 11.5. The fourth-order valence-electron chi connectivity index (χ4n) is 2.84. The van der Waals surface area contributed by atoms with Crippen LogP contribution in [0.5, 0.6) is 0 Å². The summed E-state index contributed by atoms with van der Waals surface area (Å²) in [6.07, 6.45) is 4.13. The summed E-state index contributed by atoms with van der Waals surface area (Å²) >= 11 is 0. The van der Waals surface area contributed by atoms with Gasteiger partial charge in [-0.05, 0) is 40.6 Å². The Kier molecular flexibility index (Phi) is 4.18. The highest BCUT2D eigenvalue weighted by atomic mass is 32.2. The molecule has 4 rings (SSSR count). The molecule has 4 aromatic rings. The van der Waals surface area contributed by atoms with Gasteiger partial charge in [0.05, 0.1) is 11.2 Å². The summed E-state index contributed by atoms with van der Waals surface area (Å²) in [5.41, 5.74) is 2.61. The second-order valence-corrected chi connectivity index (χ2v) is 7.75. The number of fused-ring (bicyclic) bond motifs is 1. The number of benzene rings is 3. The Morgan fingerprint density at radius 1 is 0.923 bits per heavy atom. The monoisotopic (exact) mass is 363 g/mol. The van der Waals surface area contributed by atoms with E-state index in [1.807, 2.05) is 42.5 Å². The van der Waals surface area contributed by atoms with E-state index in [2.05, 4.69) is 14.7 Å². The molecule has 0 saturated heterocycles. The van der Waals surface area contributed by atoms with Crippen molar-refractivity contribution in [1.82, 2.24) is 9.97 Å². The number of H-pyrrole nitrogens is 1. The number of hydrogen-bond acceptors (Lipinski definition) is 3. The minimum atomic E-state index is -3.63. The molecular weight excluding hydrogens is 346 g/mol. The fraction of sp³-hybridized carbons (Fsp3) is 0.0500. The Labute approximate surface area is 151 Å². The quantitative estimate of drug-likeness (QED) is 0.564. The maximum Gasteiger partial charge on any atom is 0.261 e. The number of aromatic nitrogens is 2. The lowest BCUT2D eigenvalue weighted by molar-refractivity contribution is 0.601. The Hall–Kier alpha value is -3.12. The maximum absolute atomic E-state index is 12.7. The molecule has 0 amide bonds. The first-order chi connectivity index (χ1) is 12.6. The summed E-state index contributed by atoms with van der Waals surface area (Å²) in [7, 11) is -3.63. The number of imidazole rings is 1. The van der Waals surface area contributed by atoms with Crippen molar-refractivity contribution in [2.75, 3.05) is 4.72 Å². The van der Waals surface area contributed by atoms with E-state index in [9.17, 15) is 8.42 Å². The van der Waals surface area contributed by atoms with Crippen LogP contribution in [0.1, 0.15) is 11.3 Å². The predicted molar refractivity (Wildman–Crippen MR) is 103 cm³/mol. The molecule has 0 atom stereocenters. The van der Waals surface area contributed by atoms with Crippen LogP contribution in [0.25, 0.3) is 10.8 Å². The Balaban J connectivity index is 1.54. The van der Waals surface area contributed by atoms with Gasteiger partial charge in [-0.3, -0.25) is 4.72 Å². The van der Waals surface area contributed by atoms with Gasteiger partial charge in [0.15, 0.2) is 0 Å². The highest BCUT2D eigenvalue weighted by molar-refractivity contribution is 7.92. The molecule has 3 aromatic carbocycles. The van der Waals surface area contributed by atoms with Gasteiger partial charge in [0.25, 0.3) is 10.0 Å². The molecule has 26 heavy (non-hydrogen) atoms. The van der Waals surface area contributed by atoms with Gasteiger partial charge < -0.3 is 4.98 Å². The van der Waals surface area contributed by atoms with Gasteiger partial charge in [0, 0.05) is 24.0 Å². The van der Waals surface area contributed by atoms with E-state index in [1.165, 1.54) is 0 Å². The van der Waals surface area contributed by atoms with Crippen LogP contribution in [-0.2, 0) is 16.4 Å². The molecule has 6 heteroatoms. The van der Waals surface area contributed by atoms with Gasteiger partial charge in [-0.1, -0.05) is 42.5 Å². The molecule has 1 aromatic heterocycles. The van der Waals surface area contributed by atoms with Crippen molar-refractivity contribution in [3.63, 3.8) is 0 Å². The van der Waals surface area contributed by atoms with Gasteiger partial charge in [0.2, 0.25) is 0 Å². The van der Waals surface area contributed by atoms with E-state index < -0.39 is 10.0 Å². The van der Waals surface area contributed by atoms with Crippen LogP contribution in [-0.4, -0.2) is 18.4 Å². The minimum absolute atomic E-state index is 0.248. The molecule has 1 heterocycles. The zero-order chi connectivity index (χ0) is 18.0. The van der Waals surface area contributed by atoms with Crippen LogP contribution >= 0.6 is 0 Å². The first kappa shape index (κ1) is 16.4. The molecule has 0 aliphatic rings. The van der Waals surface area contributed by atoms with E-state index in [-0.39, 0.29) is 4.90 Å². The number of aromatic amines is 1. The maximum atomic E-state index is 12.7. The molecule has 0 unspecified atom stereocenters. The summed E-state index contributed by atoms with van der Waals surface area (Å²) in [4.78, 5) is 7.29. The Bertz CT molecular complexity index is 1140. The number of nitrogens with zero attached hydrogens (tertiary/aromatic N) is 1. The molecule has 130 valence electrons. The molecule has 2 N–H and O–H groups in total. The standard InChI is InChI=1S/C20H17N3O2S/c24-26(25,20-10-7-16-3-1-2-4-17(16)12-20)23-18-8-5-15(6-9-18)11-19-13-21-14-22-19/h1-10,12-14,23H,11H2,(H,21,22). The summed E-state index contributed by atoms with van der Waals surface area (Å²) in [5, 5.41) is 1.90. The zero-order valence-electron chi connectivity index (χ0n) is 13.9. The Morgan fingerprint density at radius 3 is 2.42 bits per heavy atom. The molecule has 0 spiro atoms. The van der Waals surface area contributed by atoms with Crippen molar-refractivity contribution in [2.24, 2.45) is 0 Å². The summed E-state index contributed by atoms with van der Waals surface area (Å²) in [6, 6.07) is 20.1. The van der Waals surface area contributed by atoms with Crippen molar-refractivity contribution in [2.45, 2.75) is 11.3 Å². The second kappa shape index (κ2) is 6.65. The fourth-order valence-corrected chi connectivity index (χ4v) is 3.93. The van der Waals surface area contributed by atoms with Crippen molar-refractivity contribution in [1.29, 1.82) is 0 Å². The van der Waals surface area contributed by atoms with Gasteiger partial charge in [-0.15, -0.1) is 0 Å². The largest absolute Gasteiger partial charge is 0.348 e. The zero-order valence-corrected chi connectivity index (χ0v) is 14.7. The smallest absolute Gasteiger partial charge is 0.261 e. The summed E-state index contributed by atoms with van der Waals surface area (Å²) < 4.78 is 28.0. The van der Waals surface area contributed by atoms with Crippen LogP contribution in [0, 0.1) is 0 Å². The average Bonchev–Trinajstić information content (AvgIpc) is 3.16. The van der Waals surface area contributed by atoms with Crippen molar-refractivity contribution in [3.8, 4) is 0 Å². The predicted octanol–water partition coefficient (Wildman–Crippen LogP) is 3.95. The third-order valence-electron chi connectivity index (χ3n) is 4.19. The van der Waals surface area contributed by atoms with Crippen LogP contribution in [0.4, 0.5) is 5.69 Å². The van der Waals surface area contributed by atoms with Crippen molar-refractivity contribution < 1.29 is 8.42 Å². The topological polar surface area (TPSA) is 74.8 Å². The first-order valence-corrected chi connectivity index (χ1v) is 9.66. The van der Waals surface area contributed by atoms with Crippen molar-refractivity contribution in [3.05, 3.63) is 90.5 Å². The van der Waals surface area contributed by atoms with Gasteiger partial charge >= 0.3 is 0 Å². The summed E-state index contributed by atoms with van der Waals surface area (Å²) in [6.45, 7) is 0. The van der Waals surface area contributed by atoms with Gasteiger partial charge in [-0.2, -0.15) is 0 Å². The second-order valence-electron chi connectivity index (χ2n) is 6.07. The molecular formula is C20H17N3O2S. The lowest BCUT2D eigenvalue weighted by Gasteiger charge is -2.10. The number of sulfonamides is 1. The molecule has 0 radical (unpaired) electrons. The number of anilines is 1. The molecule has 0 fully saturated rings. The molecule has 0 aliphatic carbocycles. The van der Waals surface area contributed by atoms with Crippen LogP contribution in [0.2, 0.25) is 0 Å². The third-order valence-corrected chi connectivity index (χ3v) is 5.57. The lowest BCUT2D eigenvalue weighted by atomic mass is 10.1. The van der Waals surface area contributed by atoms with Gasteiger partial charge in [0.1, 0.15) is 0 Å². The number of nitrogens with one attached hydrogen (secondary N) is 2. The van der Waals surface area contributed by atoms with E-state index in [4.69, 9.17) is 0 Å². The minimum Gasteiger partial charge on any atom is -0.348 e. The van der Waals surface area contributed by atoms with Crippen molar-refractivity contribution >= 4 is 26.5 Å². The highest BCUT2D eigenvalue weighted by Gasteiger charge is 2.14. The molecule has 0 saturated carbocycles. The van der Waals surface area contributed by atoms with E-state index >= 15 is 0 Å². The Morgan fingerprint density at radius 2 is 1.69 bits per heavy atom. The first-order valence-electron chi connectivity index (χ1n) is 8.18. The highest BCUT2D eigenvalue weighted by Crippen LogP contribution is 2.22. The van der Waals surface area contributed by atoms with Crippen LogP contribution in [0.3, 0.4) is 0 Å². The van der Waals surface area contributed by atoms with Crippen LogP contribution < -0.4 is 4.72 Å². The van der Waals surface area contributed by atoms with E-state index in [0.29, 0.717) is 5.69 Å². The summed E-state index contributed by atoms with van der Waals surface area (Å²) in [5.74, 6) is 0. The van der Waals surface area contributed by atoms with Gasteiger partial charge in [-0.25, -0.2) is 13.4 Å². The third kappa shape index (κ3) is 3.45. The number of rotatable bonds is 5. The van der Waals surface area contributed by atoms with E-state index in [0.717, 1.165) is 28.5 Å². The lowest BCUT2D eigenvalue weighted by Crippen LogP contribution is -2.12. The SMILES string of the molecule is O=S(=O)(Nc1ccc(Cc2cnc[nH]2)cc1)c1ccc2ccccc2c1. The van der Waals surface area contributed by atoms with E-state index in [1.54, 1.807) is 36.8 Å². The molecule has 0 bridgehead atoms. The molecule has 0 aliphatic heterocycles.